The van der Waals surface area contributed by atoms with Crippen molar-refractivity contribution in [2.75, 3.05) is 38.0 Å². The van der Waals surface area contributed by atoms with E-state index < -0.39 is 10.2 Å². The molecule has 0 aromatic heterocycles. The van der Waals surface area contributed by atoms with E-state index in [0.717, 1.165) is 33.8 Å². The van der Waals surface area contributed by atoms with Gasteiger partial charge < -0.3 is 9.80 Å². The standard InChI is InChI=1S/C30H35N3OS/c1-20-9-18-26-25(19-20)30(21-10-14-23(15-11-21)32(5)6,22-12-16-24(17-13-22)33(7)8)35-28(31-26)27(34)29(2,3)4/h9-19H,1-8H3. The summed E-state index contributed by atoms with van der Waals surface area (Å²) in [5.41, 5.74) is 7.15. The molecule has 1 aliphatic rings. The van der Waals surface area contributed by atoms with Crippen molar-refractivity contribution in [3.63, 3.8) is 0 Å². The highest BCUT2D eigenvalue weighted by Crippen LogP contribution is 2.55. The van der Waals surface area contributed by atoms with E-state index in [0.29, 0.717) is 5.04 Å². The van der Waals surface area contributed by atoms with E-state index in [1.54, 1.807) is 11.8 Å². The van der Waals surface area contributed by atoms with Crippen LogP contribution in [0.5, 0.6) is 0 Å². The van der Waals surface area contributed by atoms with Crippen LogP contribution < -0.4 is 9.80 Å². The molecule has 4 rings (SSSR count). The summed E-state index contributed by atoms with van der Waals surface area (Å²) >= 11 is 1.57. The van der Waals surface area contributed by atoms with Gasteiger partial charge in [0.2, 0.25) is 0 Å². The van der Waals surface area contributed by atoms with E-state index in [1.165, 1.54) is 5.56 Å². The van der Waals surface area contributed by atoms with Crippen molar-refractivity contribution in [3.8, 4) is 0 Å². The smallest absolute Gasteiger partial charge is 0.193 e. The molecule has 0 aliphatic carbocycles. The second-order valence-electron chi connectivity index (χ2n) is 10.7. The summed E-state index contributed by atoms with van der Waals surface area (Å²) in [6.45, 7) is 7.99. The number of hydrogen-bond acceptors (Lipinski definition) is 5. The summed E-state index contributed by atoms with van der Waals surface area (Å²) in [4.78, 5) is 22.7. The fourth-order valence-corrected chi connectivity index (χ4v) is 5.98. The maximum Gasteiger partial charge on any atom is 0.193 e. The topological polar surface area (TPSA) is 35.9 Å². The van der Waals surface area contributed by atoms with Crippen LogP contribution in [0.1, 0.15) is 43.0 Å². The summed E-state index contributed by atoms with van der Waals surface area (Å²) < 4.78 is -0.602. The number of ketones is 1. The van der Waals surface area contributed by atoms with Crippen molar-refractivity contribution < 1.29 is 4.79 Å². The van der Waals surface area contributed by atoms with Crippen LogP contribution in [-0.4, -0.2) is 39.0 Å². The molecule has 0 amide bonds. The van der Waals surface area contributed by atoms with Gasteiger partial charge in [0.25, 0.3) is 0 Å². The van der Waals surface area contributed by atoms with E-state index in [1.807, 2.05) is 49.0 Å². The average Bonchev–Trinajstić information content (AvgIpc) is 2.82. The number of aliphatic imine (C=N–C) groups is 1. The van der Waals surface area contributed by atoms with Crippen molar-refractivity contribution >= 4 is 39.7 Å². The number of aryl methyl sites for hydroxylation is 1. The number of hydrogen-bond donors (Lipinski definition) is 0. The fourth-order valence-electron chi connectivity index (χ4n) is 4.36. The molecule has 5 heteroatoms. The maximum absolute atomic E-state index is 13.6. The lowest BCUT2D eigenvalue weighted by atomic mass is 9.82. The Kier molecular flexibility index (Phi) is 6.58. The van der Waals surface area contributed by atoms with E-state index in [4.69, 9.17) is 4.99 Å². The Bertz CT molecular complexity index is 1210. The van der Waals surface area contributed by atoms with Crippen molar-refractivity contribution in [1.82, 2.24) is 0 Å². The van der Waals surface area contributed by atoms with Crippen LogP contribution in [0.4, 0.5) is 17.1 Å². The monoisotopic (exact) mass is 485 g/mol. The molecule has 0 atom stereocenters. The highest BCUT2D eigenvalue weighted by atomic mass is 32.2. The number of nitrogens with zero attached hydrogens (tertiary/aromatic N) is 3. The second-order valence-corrected chi connectivity index (χ2v) is 11.9. The zero-order chi connectivity index (χ0) is 25.5. The third-order valence-electron chi connectivity index (χ3n) is 6.46. The molecule has 35 heavy (non-hydrogen) atoms. The molecule has 0 N–H and O–H groups in total. The molecule has 3 aromatic rings. The van der Waals surface area contributed by atoms with E-state index in [2.05, 4.69) is 83.5 Å². The lowest BCUT2D eigenvalue weighted by Gasteiger charge is -2.39. The molecule has 0 bridgehead atoms. The number of fused-ring (bicyclic) bond motifs is 1. The number of carbonyl (C=O) groups is 1. The van der Waals surface area contributed by atoms with E-state index in [-0.39, 0.29) is 5.78 Å². The Hall–Kier alpha value is -3.05. The predicted molar refractivity (Wildman–Crippen MR) is 152 cm³/mol. The van der Waals surface area contributed by atoms with Crippen LogP contribution in [-0.2, 0) is 9.54 Å². The summed E-state index contributed by atoms with van der Waals surface area (Å²) in [6, 6.07) is 23.7. The van der Waals surface area contributed by atoms with Crippen LogP contribution in [0.25, 0.3) is 0 Å². The van der Waals surface area contributed by atoms with Gasteiger partial charge in [0.1, 0.15) is 5.04 Å². The molecule has 0 saturated heterocycles. The first-order chi connectivity index (χ1) is 16.4. The number of benzene rings is 3. The van der Waals surface area contributed by atoms with Crippen molar-refractivity contribution in [2.45, 2.75) is 32.4 Å². The van der Waals surface area contributed by atoms with Gasteiger partial charge in [-0.3, -0.25) is 4.79 Å². The SMILES string of the molecule is Cc1ccc2c(c1)C(c1ccc(N(C)C)cc1)(c1ccc(N(C)C)cc1)SC(C(=O)C(C)(C)C)=N2. The third-order valence-corrected chi connectivity index (χ3v) is 7.93. The first kappa shape index (κ1) is 25.1. The Morgan fingerprint density at radius 2 is 1.29 bits per heavy atom. The van der Waals surface area contributed by atoms with Crippen LogP contribution in [0.3, 0.4) is 0 Å². The van der Waals surface area contributed by atoms with Gasteiger partial charge in [0.05, 0.1) is 10.4 Å². The van der Waals surface area contributed by atoms with Gasteiger partial charge in [-0.1, -0.05) is 74.5 Å². The number of carbonyl (C=O) groups excluding carboxylic acids is 1. The number of rotatable bonds is 5. The minimum atomic E-state index is -0.602. The normalized spacial score (nSPS) is 14.7. The molecule has 0 saturated carbocycles. The Morgan fingerprint density at radius 3 is 1.71 bits per heavy atom. The zero-order valence-corrected chi connectivity index (χ0v) is 22.8. The summed E-state index contributed by atoms with van der Waals surface area (Å²) in [6.07, 6.45) is 0. The molecule has 0 spiro atoms. The lowest BCUT2D eigenvalue weighted by molar-refractivity contribution is -0.119. The molecule has 182 valence electrons. The van der Waals surface area contributed by atoms with Gasteiger partial charge >= 0.3 is 0 Å². The summed E-state index contributed by atoms with van der Waals surface area (Å²) in [7, 11) is 8.19. The first-order valence-corrected chi connectivity index (χ1v) is 12.7. The van der Waals surface area contributed by atoms with Gasteiger partial charge in [0, 0.05) is 50.5 Å². The van der Waals surface area contributed by atoms with E-state index in [9.17, 15) is 4.79 Å². The van der Waals surface area contributed by atoms with Gasteiger partial charge in [-0.15, -0.1) is 0 Å². The number of thioether (sulfide) groups is 1. The molecular weight excluding hydrogens is 450 g/mol. The summed E-state index contributed by atoms with van der Waals surface area (Å²) in [5.74, 6) is 0.0629. The number of Topliss-reactive ketones (excluding diaryl/α,β-unsaturated/α-hetero) is 1. The molecule has 3 aromatic carbocycles. The number of anilines is 2. The molecule has 0 unspecified atom stereocenters. The third kappa shape index (κ3) is 4.62. The molecule has 1 aliphatic heterocycles. The van der Waals surface area contributed by atoms with Crippen LogP contribution in [0.2, 0.25) is 0 Å². The minimum absolute atomic E-state index is 0.0629. The molecule has 1 heterocycles. The lowest BCUT2D eigenvalue weighted by Crippen LogP contribution is -2.35. The highest BCUT2D eigenvalue weighted by Gasteiger charge is 2.45. The van der Waals surface area contributed by atoms with Gasteiger partial charge in [0.15, 0.2) is 5.78 Å². The van der Waals surface area contributed by atoms with Crippen LogP contribution in [0.15, 0.2) is 71.7 Å². The van der Waals surface area contributed by atoms with Gasteiger partial charge in [-0.05, 0) is 48.4 Å². The van der Waals surface area contributed by atoms with Crippen molar-refractivity contribution in [2.24, 2.45) is 10.4 Å². The predicted octanol–water partition coefficient (Wildman–Crippen LogP) is 6.81. The molecule has 0 fully saturated rings. The fraction of sp³-hybridized carbons (Fsp3) is 0.333. The molecule has 4 nitrogen and oxygen atoms in total. The van der Waals surface area contributed by atoms with Crippen LogP contribution in [0, 0.1) is 12.3 Å². The Morgan fingerprint density at radius 1 is 0.800 bits per heavy atom. The molecule has 0 radical (unpaired) electrons. The minimum Gasteiger partial charge on any atom is -0.378 e. The maximum atomic E-state index is 13.6. The highest BCUT2D eigenvalue weighted by molar-refractivity contribution is 8.16. The van der Waals surface area contributed by atoms with Crippen molar-refractivity contribution in [1.29, 1.82) is 0 Å². The molecular formula is C30H35N3OS. The van der Waals surface area contributed by atoms with Crippen LogP contribution >= 0.6 is 11.8 Å². The first-order valence-electron chi connectivity index (χ1n) is 11.9. The Labute approximate surface area is 214 Å². The second kappa shape index (κ2) is 9.19. The van der Waals surface area contributed by atoms with Crippen molar-refractivity contribution in [3.05, 3.63) is 89.0 Å². The van der Waals surface area contributed by atoms with Gasteiger partial charge in [-0.25, -0.2) is 4.99 Å². The van der Waals surface area contributed by atoms with Gasteiger partial charge in [-0.2, -0.15) is 0 Å². The zero-order valence-electron chi connectivity index (χ0n) is 22.0. The van der Waals surface area contributed by atoms with E-state index >= 15 is 0 Å². The Balaban J connectivity index is 2.03. The largest absolute Gasteiger partial charge is 0.378 e. The quantitative estimate of drug-likeness (QED) is 0.398. The summed E-state index contributed by atoms with van der Waals surface area (Å²) in [5, 5.41) is 0.558. The average molecular weight is 486 g/mol.